The highest BCUT2D eigenvalue weighted by atomic mass is 32.2. The van der Waals surface area contributed by atoms with E-state index in [2.05, 4.69) is 5.32 Å². The Hall–Kier alpha value is -0.910. The van der Waals surface area contributed by atoms with Gasteiger partial charge >= 0.3 is 12.0 Å². The molecule has 1 spiro atoms. The Kier molecular flexibility index (Phi) is 4.96. The lowest BCUT2D eigenvalue weighted by atomic mass is 9.80. The number of nitrogens with one attached hydrogen (secondary N) is 1. The molecule has 2 saturated heterocycles. The van der Waals surface area contributed by atoms with Crippen molar-refractivity contribution in [2.24, 2.45) is 5.41 Å². The van der Waals surface area contributed by atoms with Crippen molar-refractivity contribution in [1.29, 1.82) is 0 Å². The molecular formula is C13H22N2O3S. The number of thioether (sulfide) groups is 1. The Labute approximate surface area is 118 Å². The third kappa shape index (κ3) is 4.03. The van der Waals surface area contributed by atoms with Crippen molar-refractivity contribution in [2.45, 2.75) is 32.1 Å². The molecule has 0 aromatic heterocycles. The van der Waals surface area contributed by atoms with Crippen molar-refractivity contribution in [3.63, 3.8) is 0 Å². The van der Waals surface area contributed by atoms with Crippen LogP contribution in [0.4, 0.5) is 4.79 Å². The fourth-order valence-electron chi connectivity index (χ4n) is 2.90. The summed E-state index contributed by atoms with van der Waals surface area (Å²) < 4.78 is 0. The van der Waals surface area contributed by atoms with E-state index in [1.54, 1.807) is 0 Å². The van der Waals surface area contributed by atoms with Crippen LogP contribution in [0.15, 0.2) is 0 Å². The quantitative estimate of drug-likeness (QED) is 0.773. The molecule has 0 aromatic rings. The van der Waals surface area contributed by atoms with Gasteiger partial charge < -0.3 is 15.3 Å². The number of urea groups is 1. The van der Waals surface area contributed by atoms with Gasteiger partial charge in [-0.05, 0) is 36.9 Å². The van der Waals surface area contributed by atoms with Crippen LogP contribution in [0.1, 0.15) is 32.1 Å². The second-order valence-corrected chi connectivity index (χ2v) is 6.66. The Bertz CT molecular complexity index is 343. The van der Waals surface area contributed by atoms with Crippen LogP contribution < -0.4 is 5.32 Å². The van der Waals surface area contributed by atoms with Crippen LogP contribution >= 0.6 is 11.8 Å². The fraction of sp³-hybridized carbons (Fsp3) is 0.846. The third-order valence-electron chi connectivity index (χ3n) is 3.98. The van der Waals surface area contributed by atoms with Gasteiger partial charge in [0.25, 0.3) is 0 Å². The molecule has 2 aliphatic heterocycles. The molecule has 6 heteroatoms. The first-order valence-corrected chi connectivity index (χ1v) is 8.09. The van der Waals surface area contributed by atoms with E-state index < -0.39 is 5.97 Å². The molecule has 0 saturated carbocycles. The maximum absolute atomic E-state index is 12.0. The number of hydrogen-bond acceptors (Lipinski definition) is 3. The zero-order valence-electron chi connectivity index (χ0n) is 11.2. The number of carboxylic acids is 1. The van der Waals surface area contributed by atoms with Crippen LogP contribution in [-0.2, 0) is 4.79 Å². The maximum atomic E-state index is 12.0. The lowest BCUT2D eigenvalue weighted by molar-refractivity contribution is -0.137. The van der Waals surface area contributed by atoms with E-state index in [-0.39, 0.29) is 12.5 Å². The van der Waals surface area contributed by atoms with Gasteiger partial charge in [0.15, 0.2) is 0 Å². The third-order valence-corrected chi connectivity index (χ3v) is 5.29. The van der Waals surface area contributed by atoms with Crippen LogP contribution in [0.25, 0.3) is 0 Å². The van der Waals surface area contributed by atoms with Gasteiger partial charge in [0.2, 0.25) is 0 Å². The lowest BCUT2D eigenvalue weighted by Gasteiger charge is -2.39. The Morgan fingerprint density at radius 3 is 2.89 bits per heavy atom. The monoisotopic (exact) mass is 286 g/mol. The largest absolute Gasteiger partial charge is 0.481 e. The summed E-state index contributed by atoms with van der Waals surface area (Å²) in [6.45, 7) is 2.14. The molecule has 1 atom stereocenters. The molecule has 19 heavy (non-hydrogen) atoms. The average Bonchev–Trinajstić information content (AvgIpc) is 2.82. The second-order valence-electron chi connectivity index (χ2n) is 5.56. The smallest absolute Gasteiger partial charge is 0.317 e. The number of nitrogens with zero attached hydrogens (tertiary/aromatic N) is 1. The number of rotatable bonds is 4. The zero-order valence-corrected chi connectivity index (χ0v) is 12.0. The van der Waals surface area contributed by atoms with Crippen molar-refractivity contribution in [3.05, 3.63) is 0 Å². The fourth-order valence-corrected chi connectivity index (χ4v) is 4.43. The van der Waals surface area contributed by atoms with Gasteiger partial charge in [0, 0.05) is 31.8 Å². The molecular weight excluding hydrogens is 264 g/mol. The van der Waals surface area contributed by atoms with Crippen molar-refractivity contribution < 1.29 is 14.7 Å². The van der Waals surface area contributed by atoms with E-state index in [1.165, 1.54) is 24.3 Å². The minimum Gasteiger partial charge on any atom is -0.481 e. The highest BCUT2D eigenvalue weighted by Gasteiger charge is 2.39. The number of likely N-dealkylation sites (tertiary alicyclic amines) is 1. The molecule has 108 valence electrons. The van der Waals surface area contributed by atoms with Crippen LogP contribution in [0.3, 0.4) is 0 Å². The van der Waals surface area contributed by atoms with E-state index in [1.807, 2.05) is 16.7 Å². The second kappa shape index (κ2) is 6.50. The summed E-state index contributed by atoms with van der Waals surface area (Å²) in [6.07, 6.45) is 4.16. The van der Waals surface area contributed by atoms with Gasteiger partial charge in [0.05, 0.1) is 0 Å². The maximum Gasteiger partial charge on any atom is 0.317 e. The first-order valence-electron chi connectivity index (χ1n) is 6.94. The number of carbonyl (C=O) groups is 2. The first kappa shape index (κ1) is 14.5. The highest BCUT2D eigenvalue weighted by molar-refractivity contribution is 7.99. The van der Waals surface area contributed by atoms with Crippen molar-refractivity contribution in [2.75, 3.05) is 31.1 Å². The number of hydrogen-bond donors (Lipinski definition) is 2. The Morgan fingerprint density at radius 2 is 2.21 bits per heavy atom. The van der Waals surface area contributed by atoms with Crippen LogP contribution in [-0.4, -0.2) is 53.1 Å². The minimum atomic E-state index is -0.811. The molecule has 2 N–H and O–H groups in total. The number of amides is 2. The van der Waals surface area contributed by atoms with Crippen molar-refractivity contribution in [3.8, 4) is 0 Å². The minimum absolute atomic E-state index is 0.0265. The number of aliphatic carboxylic acids is 1. The Morgan fingerprint density at radius 1 is 1.37 bits per heavy atom. The van der Waals surface area contributed by atoms with Gasteiger partial charge in [-0.25, -0.2) is 4.79 Å². The zero-order chi connectivity index (χ0) is 13.7. The van der Waals surface area contributed by atoms with E-state index in [4.69, 9.17) is 5.11 Å². The topological polar surface area (TPSA) is 69.6 Å². The SMILES string of the molecule is O=C(O)CCCNC(=O)N1CCCC2(CCSC2)C1. The molecule has 0 aliphatic carbocycles. The summed E-state index contributed by atoms with van der Waals surface area (Å²) in [7, 11) is 0. The summed E-state index contributed by atoms with van der Waals surface area (Å²) in [5.74, 6) is 1.58. The van der Waals surface area contributed by atoms with Crippen LogP contribution in [0.5, 0.6) is 0 Å². The molecule has 2 amide bonds. The number of carboxylic acid groups (broad SMARTS) is 1. The molecule has 2 rings (SSSR count). The van der Waals surface area contributed by atoms with E-state index in [0.29, 0.717) is 18.4 Å². The van der Waals surface area contributed by atoms with E-state index in [9.17, 15) is 9.59 Å². The normalized spacial score (nSPS) is 26.6. The molecule has 0 radical (unpaired) electrons. The van der Waals surface area contributed by atoms with E-state index in [0.717, 1.165) is 19.5 Å². The molecule has 5 nitrogen and oxygen atoms in total. The standard InChI is InChI=1S/C13H22N2O3S/c16-11(17)3-1-6-14-12(18)15-7-2-4-13(9-15)5-8-19-10-13/h1-10H2,(H,14,18)(H,16,17). The van der Waals surface area contributed by atoms with Gasteiger partial charge in [-0.15, -0.1) is 0 Å². The summed E-state index contributed by atoms with van der Waals surface area (Å²) >= 11 is 1.99. The van der Waals surface area contributed by atoms with Crippen LogP contribution in [0, 0.1) is 5.41 Å². The van der Waals surface area contributed by atoms with Crippen LogP contribution in [0.2, 0.25) is 0 Å². The first-order chi connectivity index (χ1) is 9.11. The van der Waals surface area contributed by atoms with Gasteiger partial charge in [-0.2, -0.15) is 11.8 Å². The van der Waals surface area contributed by atoms with Crippen molar-refractivity contribution in [1.82, 2.24) is 10.2 Å². The number of piperidine rings is 1. The average molecular weight is 286 g/mol. The predicted molar refractivity (Wildman–Crippen MR) is 75.5 cm³/mol. The molecule has 2 fully saturated rings. The summed E-state index contributed by atoms with van der Waals surface area (Å²) in [5.41, 5.74) is 0.349. The number of carbonyl (C=O) groups excluding carboxylic acids is 1. The molecule has 1 unspecified atom stereocenters. The highest BCUT2D eigenvalue weighted by Crippen LogP contribution is 2.42. The molecule has 2 aliphatic rings. The molecule has 2 heterocycles. The summed E-state index contributed by atoms with van der Waals surface area (Å²) in [5, 5.41) is 11.4. The summed E-state index contributed by atoms with van der Waals surface area (Å²) in [4.78, 5) is 24.3. The summed E-state index contributed by atoms with van der Waals surface area (Å²) in [6, 6.07) is -0.0265. The molecule has 0 aromatic carbocycles. The van der Waals surface area contributed by atoms with Gasteiger partial charge in [-0.3, -0.25) is 4.79 Å². The lowest BCUT2D eigenvalue weighted by Crippen LogP contribution is -2.50. The van der Waals surface area contributed by atoms with Gasteiger partial charge in [-0.1, -0.05) is 0 Å². The Balaban J connectivity index is 1.74. The van der Waals surface area contributed by atoms with Crippen molar-refractivity contribution >= 4 is 23.8 Å². The molecule has 0 bridgehead atoms. The van der Waals surface area contributed by atoms with E-state index >= 15 is 0 Å². The van der Waals surface area contributed by atoms with Gasteiger partial charge in [0.1, 0.15) is 0 Å². The predicted octanol–water partition coefficient (Wildman–Crippen LogP) is 1.78.